The Morgan fingerprint density at radius 2 is 2.00 bits per heavy atom. The maximum Gasteiger partial charge on any atom is 0.246 e. The van der Waals surface area contributed by atoms with Crippen LogP contribution in [-0.2, 0) is 23.9 Å². The van der Waals surface area contributed by atoms with E-state index < -0.39 is 29.6 Å². The number of fused-ring (bicyclic) bond motifs is 1. The lowest BCUT2D eigenvalue weighted by atomic mass is 9.74. The number of rotatable bonds is 10. The van der Waals surface area contributed by atoms with E-state index in [2.05, 4.69) is 17.6 Å². The fraction of sp³-hybridized carbons (Fsp3) is 0.633. The first-order valence-corrected chi connectivity index (χ1v) is 14.3. The summed E-state index contributed by atoms with van der Waals surface area (Å²) in [4.78, 5) is 43.2. The van der Waals surface area contributed by atoms with E-state index >= 15 is 0 Å². The summed E-state index contributed by atoms with van der Waals surface area (Å²) >= 11 is 0. The molecule has 2 bridgehead atoms. The van der Waals surface area contributed by atoms with Gasteiger partial charge in [-0.25, -0.2) is 0 Å². The summed E-state index contributed by atoms with van der Waals surface area (Å²) in [7, 11) is 1.57. The molecule has 0 aromatic heterocycles. The number of hydrogen-bond acceptors (Lipinski definition) is 6. The van der Waals surface area contributed by atoms with Gasteiger partial charge in [-0.05, 0) is 51.2 Å². The van der Waals surface area contributed by atoms with Crippen molar-refractivity contribution in [2.75, 3.05) is 25.6 Å². The molecule has 3 amide bonds. The van der Waals surface area contributed by atoms with Crippen molar-refractivity contribution in [1.29, 1.82) is 0 Å². The molecule has 5 rings (SSSR count). The Morgan fingerprint density at radius 3 is 2.74 bits per heavy atom. The molecule has 7 atom stereocenters. The van der Waals surface area contributed by atoms with Crippen LogP contribution in [0.3, 0.4) is 0 Å². The fourth-order valence-electron chi connectivity index (χ4n) is 6.78. The molecular formula is C30H41N3O6. The smallest absolute Gasteiger partial charge is 0.246 e. The molecule has 212 valence electrons. The highest BCUT2D eigenvalue weighted by atomic mass is 16.5. The Bertz CT molecular complexity index is 1120. The molecule has 2 saturated heterocycles. The van der Waals surface area contributed by atoms with Crippen molar-refractivity contribution in [2.24, 2.45) is 17.8 Å². The third-order valence-corrected chi connectivity index (χ3v) is 8.70. The van der Waals surface area contributed by atoms with Gasteiger partial charge in [-0.2, -0.15) is 0 Å². The molecule has 1 aromatic rings. The van der Waals surface area contributed by atoms with Gasteiger partial charge in [-0.1, -0.05) is 38.0 Å². The Morgan fingerprint density at radius 1 is 1.21 bits per heavy atom. The second-order valence-electron chi connectivity index (χ2n) is 11.6. The number of carbonyl (C=O) groups excluding carboxylic acids is 3. The molecule has 2 N–H and O–H groups in total. The molecule has 3 aliphatic heterocycles. The molecule has 3 fully saturated rings. The predicted molar refractivity (Wildman–Crippen MR) is 146 cm³/mol. The molecule has 1 spiro atoms. The van der Waals surface area contributed by atoms with Gasteiger partial charge in [0.2, 0.25) is 17.7 Å². The first kappa shape index (κ1) is 27.6. The number of methoxy groups -OCH3 is 1. The van der Waals surface area contributed by atoms with Crippen LogP contribution < -0.4 is 15.4 Å². The van der Waals surface area contributed by atoms with E-state index in [1.165, 1.54) is 6.42 Å². The molecular weight excluding hydrogens is 498 g/mol. The molecule has 9 nitrogen and oxygen atoms in total. The van der Waals surface area contributed by atoms with Crippen LogP contribution in [0.4, 0.5) is 5.69 Å². The maximum absolute atomic E-state index is 14.0. The lowest BCUT2D eigenvalue weighted by Gasteiger charge is -2.36. The highest BCUT2D eigenvalue weighted by Gasteiger charge is 2.72. The molecule has 39 heavy (non-hydrogen) atoms. The molecule has 1 saturated carbocycles. The number of hydrogen-bond donors (Lipinski definition) is 2. The fourth-order valence-corrected chi connectivity index (χ4v) is 6.78. The zero-order valence-corrected chi connectivity index (χ0v) is 23.4. The van der Waals surface area contributed by atoms with Gasteiger partial charge in [0.25, 0.3) is 0 Å². The number of nitrogens with zero attached hydrogens (tertiary/aromatic N) is 1. The third kappa shape index (κ3) is 5.18. The quantitative estimate of drug-likeness (QED) is 0.349. The van der Waals surface area contributed by atoms with E-state index in [1.807, 2.05) is 26.0 Å². The summed E-state index contributed by atoms with van der Waals surface area (Å²) in [5.74, 6) is -1.24. The summed E-state index contributed by atoms with van der Waals surface area (Å²) in [6.07, 6.45) is 8.04. The van der Waals surface area contributed by atoms with E-state index in [0.717, 1.165) is 19.3 Å². The van der Waals surface area contributed by atoms with Crippen molar-refractivity contribution >= 4 is 23.4 Å². The molecule has 3 heterocycles. The molecule has 9 heteroatoms. The standard InChI is InChI=1S/C30H41N3O6/c1-18(2)38-16-8-15-33-26(28(35)32-22-12-6-5-9-19(22)3)30-14-13-23(39-30)24(25(30)29(33)36)27(34)31-20-10-7-11-21(17-20)37-4/h7,10-11,13-14,17-19,22-26H,5-6,8-9,12,15-16H2,1-4H3,(H,31,34)(H,32,35)/t19-,22+,23+,24-,25+,26+,30+/m1/s1. The van der Waals surface area contributed by atoms with Gasteiger partial charge in [0.15, 0.2) is 0 Å². The van der Waals surface area contributed by atoms with Crippen LogP contribution in [0, 0.1) is 17.8 Å². The average molecular weight is 540 g/mol. The number of anilines is 1. The van der Waals surface area contributed by atoms with Crippen molar-refractivity contribution in [3.05, 3.63) is 36.4 Å². The second-order valence-corrected chi connectivity index (χ2v) is 11.6. The number of ether oxygens (including phenoxy) is 3. The SMILES string of the molecule is COc1cccc(NC(=O)[C@@H]2[C@@H]3C=C[C@]4(O3)[C@@H]2C(=O)N(CCCOC(C)C)[C@H]4C(=O)N[C@H]2CCCC[C@H]2C)c1. The van der Waals surface area contributed by atoms with Crippen LogP contribution >= 0.6 is 0 Å². The Labute approximate surface area is 230 Å². The molecule has 1 aliphatic carbocycles. The normalized spacial score (nSPS) is 32.9. The number of likely N-dealkylation sites (tertiary alicyclic amines) is 1. The number of nitrogens with one attached hydrogen (secondary N) is 2. The molecule has 4 aliphatic rings. The molecule has 1 aromatic carbocycles. The lowest BCUT2D eigenvalue weighted by molar-refractivity contribution is -0.141. The van der Waals surface area contributed by atoms with Gasteiger partial charge in [0.1, 0.15) is 17.4 Å². The minimum atomic E-state index is -1.17. The van der Waals surface area contributed by atoms with Gasteiger partial charge in [-0.15, -0.1) is 0 Å². The minimum Gasteiger partial charge on any atom is -0.497 e. The highest BCUT2D eigenvalue weighted by Crippen LogP contribution is 2.55. The van der Waals surface area contributed by atoms with E-state index in [9.17, 15) is 14.4 Å². The monoisotopic (exact) mass is 539 g/mol. The predicted octanol–water partition coefficient (Wildman–Crippen LogP) is 3.29. The van der Waals surface area contributed by atoms with Crippen LogP contribution in [0.15, 0.2) is 36.4 Å². The van der Waals surface area contributed by atoms with Crippen molar-refractivity contribution in [3.63, 3.8) is 0 Å². The van der Waals surface area contributed by atoms with Crippen molar-refractivity contribution in [1.82, 2.24) is 10.2 Å². The topological polar surface area (TPSA) is 106 Å². The van der Waals surface area contributed by atoms with E-state index in [-0.39, 0.29) is 29.9 Å². The summed E-state index contributed by atoms with van der Waals surface area (Å²) in [6.45, 7) is 6.94. The van der Waals surface area contributed by atoms with Crippen LogP contribution in [0.25, 0.3) is 0 Å². The first-order chi connectivity index (χ1) is 18.7. The molecule has 0 radical (unpaired) electrons. The Hall–Kier alpha value is -2.91. The van der Waals surface area contributed by atoms with Gasteiger partial charge in [-0.3, -0.25) is 14.4 Å². The second kappa shape index (κ2) is 11.3. The van der Waals surface area contributed by atoms with Crippen LogP contribution in [0.5, 0.6) is 5.75 Å². The lowest BCUT2D eigenvalue weighted by Crippen LogP contribution is -2.57. The summed E-state index contributed by atoms with van der Waals surface area (Å²) in [5, 5.41) is 6.21. The summed E-state index contributed by atoms with van der Waals surface area (Å²) in [6, 6.07) is 6.33. The summed E-state index contributed by atoms with van der Waals surface area (Å²) in [5.41, 5.74) is -0.590. The number of carbonyl (C=O) groups is 3. The summed E-state index contributed by atoms with van der Waals surface area (Å²) < 4.78 is 17.4. The van der Waals surface area contributed by atoms with Crippen molar-refractivity contribution < 1.29 is 28.6 Å². The van der Waals surface area contributed by atoms with Crippen LogP contribution in [-0.4, -0.2) is 72.8 Å². The van der Waals surface area contributed by atoms with Gasteiger partial charge in [0, 0.05) is 30.9 Å². The van der Waals surface area contributed by atoms with Crippen LogP contribution in [0.1, 0.15) is 52.9 Å². The Kier molecular flexibility index (Phi) is 8.01. The zero-order chi connectivity index (χ0) is 27.7. The average Bonchev–Trinajstić information content (AvgIpc) is 3.55. The van der Waals surface area contributed by atoms with E-state index in [0.29, 0.717) is 36.9 Å². The first-order valence-electron chi connectivity index (χ1n) is 14.3. The largest absolute Gasteiger partial charge is 0.497 e. The third-order valence-electron chi connectivity index (χ3n) is 8.70. The van der Waals surface area contributed by atoms with Crippen LogP contribution in [0.2, 0.25) is 0 Å². The van der Waals surface area contributed by atoms with Gasteiger partial charge >= 0.3 is 0 Å². The number of amides is 3. The van der Waals surface area contributed by atoms with Gasteiger partial charge < -0.3 is 29.7 Å². The van der Waals surface area contributed by atoms with Gasteiger partial charge in [0.05, 0.1) is 31.2 Å². The molecule has 0 unspecified atom stereocenters. The minimum absolute atomic E-state index is 0.0673. The van der Waals surface area contributed by atoms with E-state index in [1.54, 1.807) is 36.3 Å². The maximum atomic E-state index is 14.0. The highest BCUT2D eigenvalue weighted by molar-refractivity contribution is 6.02. The van der Waals surface area contributed by atoms with E-state index in [4.69, 9.17) is 14.2 Å². The Balaban J connectivity index is 1.40. The zero-order valence-electron chi connectivity index (χ0n) is 23.4. The van der Waals surface area contributed by atoms with Crippen molar-refractivity contribution in [2.45, 2.75) is 82.8 Å². The number of benzene rings is 1. The van der Waals surface area contributed by atoms with Crippen molar-refractivity contribution in [3.8, 4) is 5.75 Å².